The second-order valence-electron chi connectivity index (χ2n) is 11.0. The maximum atomic E-state index is 15.0. The fraction of sp³-hybridized carbons (Fsp3) is 0.517. The van der Waals surface area contributed by atoms with Crippen LogP contribution in [0.1, 0.15) is 56.2 Å². The fourth-order valence-corrected chi connectivity index (χ4v) is 5.87. The average molecular weight is 551 g/mol. The lowest BCUT2D eigenvalue weighted by atomic mass is 9.69. The molecule has 1 aliphatic carbocycles. The SMILES string of the molecule is NCCCCOc1ccc2ncc(F)c(CCC34CCC(NCc5ccc6c(n5)NC(=O)CO6)(CC3)CO4)c2n1. The Labute approximate surface area is 232 Å². The Balaban J connectivity index is 1.07. The first-order valence-corrected chi connectivity index (χ1v) is 14.1. The number of unbranched alkanes of at least 4 members (excludes halogenated alkanes) is 1. The molecule has 6 heterocycles. The van der Waals surface area contributed by atoms with Gasteiger partial charge >= 0.3 is 0 Å². The van der Waals surface area contributed by atoms with Crippen LogP contribution in [-0.2, 0) is 22.5 Å². The molecular formula is C29H35FN6O4. The van der Waals surface area contributed by atoms with E-state index in [9.17, 15) is 4.79 Å². The zero-order valence-electron chi connectivity index (χ0n) is 22.5. The van der Waals surface area contributed by atoms with Crippen molar-refractivity contribution in [1.29, 1.82) is 0 Å². The highest BCUT2D eigenvalue weighted by molar-refractivity contribution is 5.94. The van der Waals surface area contributed by atoms with Crippen molar-refractivity contribution in [2.24, 2.45) is 5.73 Å². The highest BCUT2D eigenvalue weighted by Gasteiger charge is 2.49. The van der Waals surface area contributed by atoms with Crippen LogP contribution in [0, 0.1) is 5.82 Å². The molecule has 3 fully saturated rings. The molecule has 1 amide bonds. The number of aromatic nitrogens is 3. The molecule has 11 heteroatoms. The van der Waals surface area contributed by atoms with Gasteiger partial charge in [0.05, 0.1) is 41.7 Å². The fourth-order valence-electron chi connectivity index (χ4n) is 5.87. The van der Waals surface area contributed by atoms with Gasteiger partial charge in [-0.05, 0) is 76.1 Å². The second-order valence-corrected chi connectivity index (χ2v) is 11.0. The van der Waals surface area contributed by atoms with Crippen LogP contribution < -0.4 is 25.8 Å². The minimum absolute atomic E-state index is 0.0140. The molecule has 3 aliphatic heterocycles. The third-order valence-corrected chi connectivity index (χ3v) is 8.37. The van der Waals surface area contributed by atoms with E-state index in [0.717, 1.165) is 44.2 Å². The van der Waals surface area contributed by atoms with E-state index in [1.165, 1.54) is 6.20 Å². The maximum Gasteiger partial charge on any atom is 0.263 e. The molecule has 4 aliphatic rings. The van der Waals surface area contributed by atoms with Gasteiger partial charge in [0.25, 0.3) is 5.91 Å². The standard InChI is InChI=1S/C29H35FN6O4/c30-21-16-32-22-4-6-25(38-14-2-1-13-31)36-26(22)20(21)7-8-29-11-9-28(10-12-29,18-40-29)33-15-19-3-5-23-27(34-19)35-24(37)17-39-23/h3-6,16,33H,1-2,7-15,17-18,31H2,(H,34,35,37). The molecular weight excluding hydrogens is 515 g/mol. The quantitative estimate of drug-likeness (QED) is 0.307. The summed E-state index contributed by atoms with van der Waals surface area (Å²) >= 11 is 0. The van der Waals surface area contributed by atoms with Crippen molar-refractivity contribution in [3.63, 3.8) is 0 Å². The van der Waals surface area contributed by atoms with Gasteiger partial charge in [0, 0.05) is 23.7 Å². The Morgan fingerprint density at radius 3 is 2.80 bits per heavy atom. The molecule has 3 aromatic heterocycles. The molecule has 40 heavy (non-hydrogen) atoms. The van der Waals surface area contributed by atoms with E-state index in [1.807, 2.05) is 18.2 Å². The van der Waals surface area contributed by atoms with Gasteiger partial charge in [-0.15, -0.1) is 0 Å². The number of carbonyl (C=O) groups is 1. The van der Waals surface area contributed by atoms with Crippen molar-refractivity contribution in [2.45, 2.75) is 69.1 Å². The Bertz CT molecular complexity index is 1380. The smallest absolute Gasteiger partial charge is 0.263 e. The lowest BCUT2D eigenvalue weighted by molar-refractivity contribution is -0.165. The van der Waals surface area contributed by atoms with Crippen molar-refractivity contribution in [3.8, 4) is 11.6 Å². The summed E-state index contributed by atoms with van der Waals surface area (Å²) in [6.07, 6.45) is 7.97. The van der Waals surface area contributed by atoms with Gasteiger partial charge in [-0.3, -0.25) is 9.78 Å². The summed E-state index contributed by atoms with van der Waals surface area (Å²) in [6.45, 7) is 2.32. The monoisotopic (exact) mass is 550 g/mol. The Morgan fingerprint density at radius 1 is 1.12 bits per heavy atom. The topological polar surface area (TPSA) is 134 Å². The van der Waals surface area contributed by atoms with Crippen molar-refractivity contribution in [1.82, 2.24) is 20.3 Å². The van der Waals surface area contributed by atoms with E-state index < -0.39 is 0 Å². The summed E-state index contributed by atoms with van der Waals surface area (Å²) in [5, 5.41) is 6.43. The largest absolute Gasteiger partial charge is 0.480 e. The van der Waals surface area contributed by atoms with Gasteiger partial charge in [0.2, 0.25) is 5.88 Å². The number of fused-ring (bicyclic) bond motifs is 5. The van der Waals surface area contributed by atoms with Crippen LogP contribution in [0.4, 0.5) is 10.2 Å². The first kappa shape index (κ1) is 26.8. The molecule has 1 saturated carbocycles. The van der Waals surface area contributed by atoms with Gasteiger partial charge < -0.3 is 30.6 Å². The van der Waals surface area contributed by atoms with Crippen LogP contribution in [0.2, 0.25) is 0 Å². The number of hydrogen-bond acceptors (Lipinski definition) is 9. The summed E-state index contributed by atoms with van der Waals surface area (Å²) in [5.41, 5.74) is 7.76. The number of hydrogen-bond donors (Lipinski definition) is 3. The zero-order chi connectivity index (χ0) is 27.6. The predicted octanol–water partition coefficient (Wildman–Crippen LogP) is 3.42. The normalized spacial score (nSPS) is 23.5. The molecule has 2 saturated heterocycles. The molecule has 3 aromatic rings. The number of nitrogens with one attached hydrogen (secondary N) is 2. The third-order valence-electron chi connectivity index (χ3n) is 8.37. The third kappa shape index (κ3) is 5.59. The van der Waals surface area contributed by atoms with Crippen LogP contribution in [-0.4, -0.2) is 58.4 Å². The Kier molecular flexibility index (Phi) is 7.52. The summed E-state index contributed by atoms with van der Waals surface area (Å²) < 4.78 is 32.7. The first-order chi connectivity index (χ1) is 19.5. The van der Waals surface area contributed by atoms with E-state index in [0.29, 0.717) is 73.2 Å². The highest BCUT2D eigenvalue weighted by atomic mass is 19.1. The summed E-state index contributed by atoms with van der Waals surface area (Å²) in [4.78, 5) is 25.0. The van der Waals surface area contributed by atoms with Crippen LogP contribution in [0.25, 0.3) is 11.0 Å². The molecule has 212 valence electrons. The van der Waals surface area contributed by atoms with E-state index in [4.69, 9.17) is 19.9 Å². The number of nitrogens with two attached hydrogens (primary N) is 1. The lowest BCUT2D eigenvalue weighted by Gasteiger charge is -2.53. The van der Waals surface area contributed by atoms with Gasteiger partial charge in [-0.25, -0.2) is 14.4 Å². The summed E-state index contributed by atoms with van der Waals surface area (Å²) in [5.74, 6) is 0.979. The van der Waals surface area contributed by atoms with Gasteiger partial charge in [0.15, 0.2) is 18.2 Å². The summed E-state index contributed by atoms with van der Waals surface area (Å²) in [6, 6.07) is 7.36. The van der Waals surface area contributed by atoms with Crippen LogP contribution >= 0.6 is 0 Å². The van der Waals surface area contributed by atoms with Crippen molar-refractivity contribution >= 4 is 22.8 Å². The Morgan fingerprint density at radius 2 is 2.00 bits per heavy atom. The lowest BCUT2D eigenvalue weighted by Crippen LogP contribution is -2.61. The number of ether oxygens (including phenoxy) is 3. The number of pyridine rings is 3. The van der Waals surface area contributed by atoms with E-state index >= 15 is 4.39 Å². The zero-order valence-corrected chi connectivity index (χ0v) is 22.5. The van der Waals surface area contributed by atoms with Gasteiger partial charge in [-0.2, -0.15) is 0 Å². The molecule has 0 spiro atoms. The minimum Gasteiger partial charge on any atom is -0.480 e. The van der Waals surface area contributed by atoms with Gasteiger partial charge in [-0.1, -0.05) is 0 Å². The molecule has 4 N–H and O–H groups in total. The molecule has 0 radical (unpaired) electrons. The van der Waals surface area contributed by atoms with E-state index in [-0.39, 0.29) is 29.5 Å². The van der Waals surface area contributed by atoms with Crippen molar-refractivity contribution < 1.29 is 23.4 Å². The first-order valence-electron chi connectivity index (χ1n) is 14.1. The number of rotatable bonds is 11. The molecule has 0 atom stereocenters. The van der Waals surface area contributed by atoms with Crippen molar-refractivity contribution in [2.75, 3.05) is 31.7 Å². The molecule has 0 aromatic carbocycles. The minimum atomic E-state index is -0.349. The molecule has 2 bridgehead atoms. The highest BCUT2D eigenvalue weighted by Crippen LogP contribution is 2.46. The summed E-state index contributed by atoms with van der Waals surface area (Å²) in [7, 11) is 0. The number of halogens is 1. The second kappa shape index (κ2) is 11.2. The Hall–Kier alpha value is -3.41. The number of anilines is 1. The predicted molar refractivity (Wildman–Crippen MR) is 147 cm³/mol. The molecule has 7 rings (SSSR count). The van der Waals surface area contributed by atoms with E-state index in [2.05, 4.69) is 25.6 Å². The number of nitrogens with zero attached hydrogens (tertiary/aromatic N) is 3. The van der Waals surface area contributed by atoms with Crippen LogP contribution in [0.3, 0.4) is 0 Å². The average Bonchev–Trinajstić information content (AvgIpc) is 2.98. The maximum absolute atomic E-state index is 15.0. The van der Waals surface area contributed by atoms with E-state index in [1.54, 1.807) is 6.07 Å². The number of amides is 1. The van der Waals surface area contributed by atoms with Gasteiger partial charge in [0.1, 0.15) is 5.82 Å². The number of carbonyl (C=O) groups excluding carboxylic acids is 1. The molecule has 10 nitrogen and oxygen atoms in total. The van der Waals surface area contributed by atoms with Crippen LogP contribution in [0.15, 0.2) is 30.5 Å². The van der Waals surface area contributed by atoms with Crippen LogP contribution in [0.5, 0.6) is 11.6 Å². The number of aryl methyl sites for hydroxylation is 1. The molecule has 0 unspecified atom stereocenters. The van der Waals surface area contributed by atoms with Crippen molar-refractivity contribution in [3.05, 3.63) is 47.5 Å².